The summed E-state index contributed by atoms with van der Waals surface area (Å²) in [4.78, 5) is 10.8. The zero-order valence-corrected chi connectivity index (χ0v) is 12.2. The number of nitrogens with two attached hydrogens (primary N) is 1. The van der Waals surface area contributed by atoms with Gasteiger partial charge in [0.15, 0.2) is 5.82 Å². The van der Waals surface area contributed by atoms with E-state index in [9.17, 15) is 0 Å². The maximum Gasteiger partial charge on any atom is 0.155 e. The van der Waals surface area contributed by atoms with E-state index in [4.69, 9.17) is 18.0 Å². The van der Waals surface area contributed by atoms with Gasteiger partial charge in [-0.15, -0.1) is 0 Å². The Balaban J connectivity index is 2.90. The molecule has 1 unspecified atom stereocenters. The molecule has 1 atom stereocenters. The minimum atomic E-state index is 0.262. The summed E-state index contributed by atoms with van der Waals surface area (Å²) in [6.07, 6.45) is 3.23. The highest BCUT2D eigenvalue weighted by Crippen LogP contribution is 2.14. The summed E-state index contributed by atoms with van der Waals surface area (Å²) in [5.41, 5.74) is 6.20. The van der Waals surface area contributed by atoms with Gasteiger partial charge in [-0.3, -0.25) is 0 Å². The molecule has 0 aliphatic heterocycles. The Morgan fingerprint density at radius 2 is 2.00 bits per heavy atom. The third-order valence-corrected chi connectivity index (χ3v) is 2.81. The molecular formula is C12H21N5S. The molecule has 100 valence electrons. The number of rotatable bonds is 6. The maximum absolute atomic E-state index is 5.65. The SMILES string of the molecule is CC(C)C(CN(C)C)Nc1nccnc1C(N)=S. The molecule has 1 heterocycles. The van der Waals surface area contributed by atoms with Gasteiger partial charge in [-0.2, -0.15) is 0 Å². The molecule has 5 nitrogen and oxygen atoms in total. The average Bonchev–Trinajstić information content (AvgIpc) is 2.27. The molecule has 0 saturated carbocycles. The summed E-state index contributed by atoms with van der Waals surface area (Å²) < 4.78 is 0. The molecule has 1 aromatic rings. The van der Waals surface area contributed by atoms with Crippen LogP contribution in [0.25, 0.3) is 0 Å². The highest BCUT2D eigenvalue weighted by molar-refractivity contribution is 7.80. The number of anilines is 1. The Morgan fingerprint density at radius 3 is 2.50 bits per heavy atom. The molecule has 0 aromatic carbocycles. The minimum Gasteiger partial charge on any atom is -0.388 e. The molecule has 6 heteroatoms. The molecule has 0 amide bonds. The molecule has 3 N–H and O–H groups in total. The maximum atomic E-state index is 5.65. The molecule has 0 spiro atoms. The second kappa shape index (κ2) is 6.61. The second-order valence-electron chi connectivity index (χ2n) is 4.87. The van der Waals surface area contributed by atoms with Crippen molar-refractivity contribution in [1.82, 2.24) is 14.9 Å². The predicted octanol–water partition coefficient (Wildman–Crippen LogP) is 1.11. The van der Waals surface area contributed by atoms with Gasteiger partial charge in [0.2, 0.25) is 0 Å². The molecule has 0 saturated heterocycles. The van der Waals surface area contributed by atoms with E-state index in [2.05, 4.69) is 34.0 Å². The van der Waals surface area contributed by atoms with Gasteiger partial charge in [0.25, 0.3) is 0 Å². The average molecular weight is 267 g/mol. The van der Waals surface area contributed by atoms with Crippen LogP contribution in [0.3, 0.4) is 0 Å². The van der Waals surface area contributed by atoms with Crippen LogP contribution >= 0.6 is 12.2 Å². The normalized spacial score (nSPS) is 12.8. The van der Waals surface area contributed by atoms with Crippen molar-refractivity contribution in [2.45, 2.75) is 19.9 Å². The van der Waals surface area contributed by atoms with Crippen molar-refractivity contribution in [2.24, 2.45) is 11.7 Å². The molecular weight excluding hydrogens is 246 g/mol. The number of hydrogen-bond donors (Lipinski definition) is 2. The molecule has 0 bridgehead atoms. The molecule has 1 aromatic heterocycles. The fourth-order valence-electron chi connectivity index (χ4n) is 1.62. The number of nitrogens with one attached hydrogen (secondary N) is 1. The predicted molar refractivity (Wildman–Crippen MR) is 78.7 cm³/mol. The lowest BCUT2D eigenvalue weighted by Crippen LogP contribution is -2.37. The number of likely N-dealkylation sites (N-methyl/N-ethyl adjacent to an activating group) is 1. The van der Waals surface area contributed by atoms with Crippen molar-refractivity contribution in [1.29, 1.82) is 0 Å². The van der Waals surface area contributed by atoms with Gasteiger partial charge in [-0.25, -0.2) is 9.97 Å². The highest BCUT2D eigenvalue weighted by Gasteiger charge is 2.17. The first kappa shape index (κ1) is 14.8. The van der Waals surface area contributed by atoms with E-state index in [0.717, 1.165) is 6.54 Å². The van der Waals surface area contributed by atoms with E-state index in [0.29, 0.717) is 17.4 Å². The molecule has 0 aliphatic carbocycles. The van der Waals surface area contributed by atoms with E-state index in [1.54, 1.807) is 12.4 Å². The number of hydrogen-bond acceptors (Lipinski definition) is 5. The van der Waals surface area contributed by atoms with Crippen molar-refractivity contribution in [3.63, 3.8) is 0 Å². The fraction of sp³-hybridized carbons (Fsp3) is 0.583. The lowest BCUT2D eigenvalue weighted by atomic mass is 10.0. The van der Waals surface area contributed by atoms with Gasteiger partial charge >= 0.3 is 0 Å². The van der Waals surface area contributed by atoms with Crippen LogP contribution in [0.5, 0.6) is 0 Å². The number of aromatic nitrogens is 2. The van der Waals surface area contributed by atoms with Gasteiger partial charge in [0.1, 0.15) is 10.7 Å². The van der Waals surface area contributed by atoms with Crippen molar-refractivity contribution >= 4 is 23.0 Å². The molecule has 0 radical (unpaired) electrons. The Bertz CT molecular complexity index is 405. The van der Waals surface area contributed by atoms with Gasteiger partial charge in [0, 0.05) is 25.0 Å². The van der Waals surface area contributed by atoms with Crippen molar-refractivity contribution < 1.29 is 0 Å². The van der Waals surface area contributed by atoms with Crippen LogP contribution in [0.1, 0.15) is 19.5 Å². The van der Waals surface area contributed by atoms with Gasteiger partial charge in [-0.1, -0.05) is 26.1 Å². The zero-order valence-electron chi connectivity index (χ0n) is 11.3. The third-order valence-electron chi connectivity index (χ3n) is 2.62. The van der Waals surface area contributed by atoms with Gasteiger partial charge in [0.05, 0.1) is 0 Å². The molecule has 0 aliphatic rings. The first-order valence-corrected chi connectivity index (χ1v) is 6.34. The van der Waals surface area contributed by atoms with Crippen LogP contribution in [0.2, 0.25) is 0 Å². The summed E-state index contributed by atoms with van der Waals surface area (Å²) in [7, 11) is 4.09. The van der Waals surface area contributed by atoms with Crippen LogP contribution < -0.4 is 11.1 Å². The van der Waals surface area contributed by atoms with Crippen LogP contribution in [0.4, 0.5) is 5.82 Å². The summed E-state index contributed by atoms with van der Waals surface area (Å²) in [5.74, 6) is 1.12. The summed E-state index contributed by atoms with van der Waals surface area (Å²) >= 11 is 4.98. The van der Waals surface area contributed by atoms with E-state index < -0.39 is 0 Å². The number of thiocarbonyl (C=S) groups is 1. The van der Waals surface area contributed by atoms with Crippen molar-refractivity contribution in [2.75, 3.05) is 26.0 Å². The Hall–Kier alpha value is -1.27. The summed E-state index contributed by atoms with van der Waals surface area (Å²) in [6, 6.07) is 0.268. The van der Waals surface area contributed by atoms with Crippen molar-refractivity contribution in [3.05, 3.63) is 18.1 Å². The summed E-state index contributed by atoms with van der Waals surface area (Å²) in [6.45, 7) is 5.24. The van der Waals surface area contributed by atoms with Crippen LogP contribution in [0.15, 0.2) is 12.4 Å². The largest absolute Gasteiger partial charge is 0.388 e. The smallest absolute Gasteiger partial charge is 0.155 e. The third kappa shape index (κ3) is 4.19. The lowest BCUT2D eigenvalue weighted by Gasteiger charge is -2.26. The molecule has 0 fully saturated rings. The quantitative estimate of drug-likeness (QED) is 0.753. The zero-order chi connectivity index (χ0) is 13.7. The van der Waals surface area contributed by atoms with Gasteiger partial charge in [-0.05, 0) is 20.0 Å². The van der Waals surface area contributed by atoms with E-state index in [1.807, 2.05) is 14.1 Å². The Labute approximate surface area is 114 Å². The van der Waals surface area contributed by atoms with Crippen molar-refractivity contribution in [3.8, 4) is 0 Å². The van der Waals surface area contributed by atoms with E-state index in [1.165, 1.54) is 0 Å². The van der Waals surface area contributed by atoms with Crippen LogP contribution in [0, 0.1) is 5.92 Å². The van der Waals surface area contributed by atoms with E-state index >= 15 is 0 Å². The van der Waals surface area contributed by atoms with Crippen LogP contribution in [-0.4, -0.2) is 46.5 Å². The van der Waals surface area contributed by atoms with Gasteiger partial charge < -0.3 is 16.0 Å². The Kier molecular flexibility index (Phi) is 5.43. The van der Waals surface area contributed by atoms with E-state index in [-0.39, 0.29) is 11.0 Å². The summed E-state index contributed by atoms with van der Waals surface area (Å²) in [5, 5.41) is 3.38. The first-order valence-electron chi connectivity index (χ1n) is 5.94. The monoisotopic (exact) mass is 267 g/mol. The minimum absolute atomic E-state index is 0.262. The standard InChI is InChI=1S/C12H21N5S/c1-8(2)9(7-17(3)4)16-12-10(11(13)18)14-5-6-15-12/h5-6,8-9H,7H2,1-4H3,(H2,13,18)(H,15,16). The topological polar surface area (TPSA) is 67.1 Å². The molecule has 18 heavy (non-hydrogen) atoms. The first-order chi connectivity index (χ1) is 8.41. The Morgan fingerprint density at radius 1 is 1.39 bits per heavy atom. The second-order valence-corrected chi connectivity index (χ2v) is 5.31. The van der Waals surface area contributed by atoms with Crippen LogP contribution in [-0.2, 0) is 0 Å². The number of nitrogens with zero attached hydrogens (tertiary/aromatic N) is 3. The molecule has 1 rings (SSSR count). The highest BCUT2D eigenvalue weighted by atomic mass is 32.1. The fourth-order valence-corrected chi connectivity index (χ4v) is 1.77. The lowest BCUT2D eigenvalue weighted by molar-refractivity contribution is 0.344.